The van der Waals surface area contributed by atoms with Gasteiger partial charge < -0.3 is 10.5 Å². The standard InChI is InChI=1S/C12H13FN4O/c1-7(2)18-11-4-10(14)16-12(17-11)8-3-9(13)6-15-5-8/h3-7H,1-2H3,(H2,14,16,17). The molecule has 0 saturated heterocycles. The second-order valence-corrected chi connectivity index (χ2v) is 4.01. The van der Waals surface area contributed by atoms with Gasteiger partial charge in [0.25, 0.3) is 0 Å². The highest BCUT2D eigenvalue weighted by molar-refractivity contribution is 5.56. The van der Waals surface area contributed by atoms with Crippen molar-refractivity contribution in [2.45, 2.75) is 20.0 Å². The van der Waals surface area contributed by atoms with Gasteiger partial charge in [0.2, 0.25) is 5.88 Å². The number of hydrogen-bond acceptors (Lipinski definition) is 5. The molecule has 0 saturated carbocycles. The molecule has 0 aromatic carbocycles. The monoisotopic (exact) mass is 248 g/mol. The van der Waals surface area contributed by atoms with Gasteiger partial charge in [-0.25, -0.2) is 9.37 Å². The van der Waals surface area contributed by atoms with E-state index in [2.05, 4.69) is 15.0 Å². The average Bonchev–Trinajstić information content (AvgIpc) is 2.27. The quantitative estimate of drug-likeness (QED) is 0.899. The molecule has 2 aromatic rings. The summed E-state index contributed by atoms with van der Waals surface area (Å²) in [5.74, 6) is 0.458. The van der Waals surface area contributed by atoms with Crippen molar-refractivity contribution in [1.82, 2.24) is 15.0 Å². The molecular formula is C12H13FN4O. The lowest BCUT2D eigenvalue weighted by Crippen LogP contribution is -2.08. The first-order valence-electron chi connectivity index (χ1n) is 5.47. The Bertz CT molecular complexity index is 560. The van der Waals surface area contributed by atoms with Crippen LogP contribution < -0.4 is 10.5 Å². The van der Waals surface area contributed by atoms with Gasteiger partial charge in [0, 0.05) is 17.8 Å². The van der Waals surface area contributed by atoms with Crippen LogP contribution in [-0.2, 0) is 0 Å². The maximum Gasteiger partial charge on any atom is 0.219 e. The van der Waals surface area contributed by atoms with Crippen LogP contribution in [0.5, 0.6) is 5.88 Å². The van der Waals surface area contributed by atoms with Gasteiger partial charge in [-0.3, -0.25) is 4.98 Å². The predicted octanol–water partition coefficient (Wildman–Crippen LogP) is 2.05. The highest BCUT2D eigenvalue weighted by atomic mass is 19.1. The van der Waals surface area contributed by atoms with Crippen LogP contribution in [0.25, 0.3) is 11.4 Å². The minimum Gasteiger partial charge on any atom is -0.475 e. The molecule has 2 aromatic heterocycles. The van der Waals surface area contributed by atoms with Crippen molar-refractivity contribution in [2.75, 3.05) is 5.73 Å². The number of aromatic nitrogens is 3. The fraction of sp³-hybridized carbons (Fsp3) is 0.250. The molecule has 94 valence electrons. The Labute approximate surface area is 104 Å². The first-order valence-corrected chi connectivity index (χ1v) is 5.47. The van der Waals surface area contributed by atoms with Crippen LogP contribution in [0.4, 0.5) is 10.2 Å². The molecule has 2 heterocycles. The fourth-order valence-corrected chi connectivity index (χ4v) is 1.41. The van der Waals surface area contributed by atoms with Crippen LogP contribution >= 0.6 is 0 Å². The highest BCUT2D eigenvalue weighted by Crippen LogP contribution is 2.20. The van der Waals surface area contributed by atoms with E-state index in [0.29, 0.717) is 11.4 Å². The molecule has 0 aliphatic heterocycles. The number of rotatable bonds is 3. The molecule has 0 amide bonds. The van der Waals surface area contributed by atoms with E-state index < -0.39 is 5.82 Å². The van der Waals surface area contributed by atoms with Crippen LogP contribution in [-0.4, -0.2) is 21.1 Å². The van der Waals surface area contributed by atoms with Gasteiger partial charge in [0.05, 0.1) is 12.3 Å². The minimum atomic E-state index is -0.454. The van der Waals surface area contributed by atoms with Crippen LogP contribution in [0.15, 0.2) is 24.5 Å². The largest absolute Gasteiger partial charge is 0.475 e. The van der Waals surface area contributed by atoms with Gasteiger partial charge in [0.1, 0.15) is 11.6 Å². The summed E-state index contributed by atoms with van der Waals surface area (Å²) in [5, 5.41) is 0. The molecule has 0 atom stereocenters. The van der Waals surface area contributed by atoms with E-state index in [-0.39, 0.29) is 17.7 Å². The van der Waals surface area contributed by atoms with Crippen molar-refractivity contribution >= 4 is 5.82 Å². The molecule has 18 heavy (non-hydrogen) atoms. The fourth-order valence-electron chi connectivity index (χ4n) is 1.41. The molecule has 2 rings (SSSR count). The highest BCUT2D eigenvalue weighted by Gasteiger charge is 2.08. The van der Waals surface area contributed by atoms with Gasteiger partial charge in [-0.15, -0.1) is 0 Å². The van der Waals surface area contributed by atoms with Crippen molar-refractivity contribution in [3.8, 4) is 17.3 Å². The molecular weight excluding hydrogens is 235 g/mol. The molecule has 0 radical (unpaired) electrons. The van der Waals surface area contributed by atoms with E-state index in [9.17, 15) is 4.39 Å². The van der Waals surface area contributed by atoms with E-state index >= 15 is 0 Å². The van der Waals surface area contributed by atoms with Gasteiger partial charge >= 0.3 is 0 Å². The maximum absolute atomic E-state index is 13.1. The van der Waals surface area contributed by atoms with Crippen LogP contribution in [0, 0.1) is 5.82 Å². The summed E-state index contributed by atoms with van der Waals surface area (Å²) in [6, 6.07) is 2.82. The molecule has 0 spiro atoms. The van der Waals surface area contributed by atoms with E-state index in [1.807, 2.05) is 13.8 Å². The topological polar surface area (TPSA) is 73.9 Å². The van der Waals surface area contributed by atoms with Crippen LogP contribution in [0.2, 0.25) is 0 Å². The zero-order chi connectivity index (χ0) is 13.1. The third-order valence-corrected chi connectivity index (χ3v) is 2.04. The van der Waals surface area contributed by atoms with Crippen molar-refractivity contribution in [1.29, 1.82) is 0 Å². The lowest BCUT2D eigenvalue weighted by atomic mass is 10.2. The van der Waals surface area contributed by atoms with Crippen LogP contribution in [0.3, 0.4) is 0 Å². The Morgan fingerprint density at radius 2 is 2.00 bits per heavy atom. The number of nitrogens with zero attached hydrogens (tertiary/aromatic N) is 3. The van der Waals surface area contributed by atoms with Crippen molar-refractivity contribution in [2.24, 2.45) is 0 Å². The molecule has 5 nitrogen and oxygen atoms in total. The molecule has 0 aliphatic rings. The SMILES string of the molecule is CC(C)Oc1cc(N)nc(-c2cncc(F)c2)n1. The van der Waals surface area contributed by atoms with E-state index in [4.69, 9.17) is 10.5 Å². The summed E-state index contributed by atoms with van der Waals surface area (Å²) in [7, 11) is 0. The zero-order valence-corrected chi connectivity index (χ0v) is 10.1. The third kappa shape index (κ3) is 2.91. The van der Waals surface area contributed by atoms with Crippen molar-refractivity contribution < 1.29 is 9.13 Å². The van der Waals surface area contributed by atoms with Crippen molar-refractivity contribution in [3.05, 3.63) is 30.3 Å². The first-order chi connectivity index (χ1) is 8.54. The van der Waals surface area contributed by atoms with Gasteiger partial charge in [-0.05, 0) is 19.9 Å². The second-order valence-electron chi connectivity index (χ2n) is 4.01. The molecule has 2 N–H and O–H groups in total. The van der Waals surface area contributed by atoms with Gasteiger partial charge in [0.15, 0.2) is 5.82 Å². The summed E-state index contributed by atoms with van der Waals surface area (Å²) >= 11 is 0. The molecule has 0 fully saturated rings. The normalized spacial score (nSPS) is 10.7. The number of pyridine rings is 1. The number of anilines is 1. The number of halogens is 1. The van der Waals surface area contributed by atoms with Crippen molar-refractivity contribution in [3.63, 3.8) is 0 Å². The Balaban J connectivity index is 2.41. The summed E-state index contributed by atoms with van der Waals surface area (Å²) in [6.07, 6.45) is 2.55. The van der Waals surface area contributed by atoms with Crippen LogP contribution in [0.1, 0.15) is 13.8 Å². The summed E-state index contributed by atoms with van der Waals surface area (Å²) in [5.41, 5.74) is 6.12. The Hall–Kier alpha value is -2.24. The molecule has 0 unspecified atom stereocenters. The molecule has 0 bridgehead atoms. The van der Waals surface area contributed by atoms with Gasteiger partial charge in [-0.1, -0.05) is 0 Å². The average molecular weight is 248 g/mol. The lowest BCUT2D eigenvalue weighted by Gasteiger charge is -2.10. The van der Waals surface area contributed by atoms with E-state index in [1.165, 1.54) is 18.3 Å². The number of nitrogen functional groups attached to an aromatic ring is 1. The first kappa shape index (κ1) is 12.2. The molecule has 0 aliphatic carbocycles. The summed E-state index contributed by atoms with van der Waals surface area (Å²) < 4.78 is 18.5. The lowest BCUT2D eigenvalue weighted by molar-refractivity contribution is 0.232. The van der Waals surface area contributed by atoms with Gasteiger partial charge in [-0.2, -0.15) is 4.98 Å². The number of ether oxygens (including phenoxy) is 1. The zero-order valence-electron chi connectivity index (χ0n) is 10.1. The smallest absolute Gasteiger partial charge is 0.219 e. The Morgan fingerprint density at radius 3 is 2.67 bits per heavy atom. The minimum absolute atomic E-state index is 0.0298. The van der Waals surface area contributed by atoms with E-state index in [1.54, 1.807) is 0 Å². The number of hydrogen-bond donors (Lipinski definition) is 1. The van der Waals surface area contributed by atoms with E-state index in [0.717, 1.165) is 6.20 Å². The predicted molar refractivity (Wildman–Crippen MR) is 65.4 cm³/mol. The maximum atomic E-state index is 13.1. The Morgan fingerprint density at radius 1 is 1.22 bits per heavy atom. The summed E-state index contributed by atoms with van der Waals surface area (Å²) in [6.45, 7) is 3.75. The Kier molecular flexibility index (Phi) is 3.36. The summed E-state index contributed by atoms with van der Waals surface area (Å²) in [4.78, 5) is 11.9. The second kappa shape index (κ2) is 4.95. The molecule has 6 heteroatoms. The third-order valence-electron chi connectivity index (χ3n) is 2.04. The number of nitrogens with two attached hydrogens (primary N) is 1.